The van der Waals surface area contributed by atoms with Crippen molar-refractivity contribution in [1.29, 1.82) is 0 Å². The number of morpholine rings is 1. The summed E-state index contributed by atoms with van der Waals surface area (Å²) in [5.74, 6) is 1.03. The average molecular weight is 312 g/mol. The van der Waals surface area contributed by atoms with Gasteiger partial charge >= 0.3 is 0 Å². The Morgan fingerprint density at radius 1 is 1.04 bits per heavy atom. The van der Waals surface area contributed by atoms with Gasteiger partial charge in [0, 0.05) is 32.2 Å². The van der Waals surface area contributed by atoms with E-state index >= 15 is 0 Å². The van der Waals surface area contributed by atoms with Gasteiger partial charge in [0.1, 0.15) is 5.82 Å². The summed E-state index contributed by atoms with van der Waals surface area (Å²) in [6.07, 6.45) is 5.74. The van der Waals surface area contributed by atoms with Crippen molar-refractivity contribution in [3.63, 3.8) is 0 Å². The first-order valence-corrected chi connectivity index (χ1v) is 8.69. The molecule has 2 fully saturated rings. The van der Waals surface area contributed by atoms with Crippen molar-refractivity contribution in [3.8, 4) is 0 Å². The smallest absolute Gasteiger partial charge is 0.148 e. The van der Waals surface area contributed by atoms with E-state index in [9.17, 15) is 0 Å². The average Bonchev–Trinajstić information content (AvgIpc) is 2.63. The van der Waals surface area contributed by atoms with E-state index in [1.807, 2.05) is 30.5 Å². The Bertz CT molecular complexity index is 656. The molecule has 0 aliphatic carbocycles. The molecular formula is C18H24N4O. The number of nitrogens with zero attached hydrogens (tertiary/aromatic N) is 4. The fraction of sp³-hybridized carbons (Fsp3) is 0.556. The predicted octanol–water partition coefficient (Wildman–Crippen LogP) is 2.32. The summed E-state index contributed by atoms with van der Waals surface area (Å²) in [5, 5.41) is 0. The second-order valence-corrected chi connectivity index (χ2v) is 6.47. The molecule has 5 nitrogen and oxygen atoms in total. The van der Waals surface area contributed by atoms with Crippen LogP contribution in [0.15, 0.2) is 30.5 Å². The first kappa shape index (κ1) is 14.8. The lowest BCUT2D eigenvalue weighted by Crippen LogP contribution is -2.49. The Balaban J connectivity index is 1.55. The van der Waals surface area contributed by atoms with Crippen LogP contribution < -0.4 is 4.90 Å². The number of para-hydroxylation sites is 2. The lowest BCUT2D eigenvalue weighted by Gasteiger charge is -2.40. The normalized spacial score (nSPS) is 23.3. The van der Waals surface area contributed by atoms with Gasteiger partial charge in [-0.3, -0.25) is 9.88 Å². The van der Waals surface area contributed by atoms with Crippen LogP contribution in [0.2, 0.25) is 0 Å². The van der Waals surface area contributed by atoms with Crippen LogP contribution in [0.3, 0.4) is 0 Å². The molecule has 1 aromatic heterocycles. The lowest BCUT2D eigenvalue weighted by molar-refractivity contribution is 0.0338. The summed E-state index contributed by atoms with van der Waals surface area (Å²) in [5.41, 5.74) is 1.96. The number of benzene rings is 1. The monoisotopic (exact) mass is 312 g/mol. The number of hydrogen-bond donors (Lipinski definition) is 0. The molecule has 2 aliphatic rings. The van der Waals surface area contributed by atoms with E-state index in [4.69, 9.17) is 9.72 Å². The van der Waals surface area contributed by atoms with Gasteiger partial charge in [-0.05, 0) is 31.4 Å². The van der Waals surface area contributed by atoms with E-state index in [-0.39, 0.29) is 0 Å². The van der Waals surface area contributed by atoms with Crippen LogP contribution in [0.5, 0.6) is 0 Å². The molecule has 2 aliphatic heterocycles. The van der Waals surface area contributed by atoms with Gasteiger partial charge in [-0.25, -0.2) is 4.98 Å². The third-order valence-electron chi connectivity index (χ3n) is 4.93. The van der Waals surface area contributed by atoms with Crippen LogP contribution in [0, 0.1) is 0 Å². The maximum absolute atomic E-state index is 5.47. The van der Waals surface area contributed by atoms with Crippen molar-refractivity contribution >= 4 is 16.9 Å². The molecule has 0 N–H and O–H groups in total. The highest BCUT2D eigenvalue weighted by atomic mass is 16.5. The van der Waals surface area contributed by atoms with Gasteiger partial charge in [0.05, 0.1) is 30.4 Å². The van der Waals surface area contributed by atoms with Crippen molar-refractivity contribution in [1.82, 2.24) is 14.9 Å². The minimum atomic E-state index is 0.539. The molecule has 0 radical (unpaired) electrons. The van der Waals surface area contributed by atoms with Crippen LogP contribution >= 0.6 is 0 Å². The molecule has 2 aromatic rings. The Labute approximate surface area is 137 Å². The molecule has 1 atom stereocenters. The lowest BCUT2D eigenvalue weighted by atomic mass is 10.0. The minimum Gasteiger partial charge on any atom is -0.379 e. The zero-order chi connectivity index (χ0) is 15.5. The van der Waals surface area contributed by atoms with Gasteiger partial charge in [0.25, 0.3) is 0 Å². The Hall–Kier alpha value is -1.72. The fourth-order valence-electron chi connectivity index (χ4n) is 3.66. The summed E-state index contributed by atoms with van der Waals surface area (Å²) in [4.78, 5) is 14.5. The third kappa shape index (κ3) is 3.31. The van der Waals surface area contributed by atoms with E-state index in [0.717, 1.165) is 56.2 Å². The standard InChI is InChI=1S/C18H24N4O/c1-2-7-17-16(6-1)19-13-18(20-17)22-8-4-3-5-15(22)14-21-9-11-23-12-10-21/h1-2,6-7,13,15H,3-5,8-12,14H2/t15-/m0/s1. The number of hydrogen-bond acceptors (Lipinski definition) is 5. The molecule has 2 saturated heterocycles. The molecule has 0 amide bonds. The summed E-state index contributed by atoms with van der Waals surface area (Å²) in [6.45, 7) is 6.02. The van der Waals surface area contributed by atoms with Crippen LogP contribution in [0.1, 0.15) is 19.3 Å². The van der Waals surface area contributed by atoms with Crippen LogP contribution in [0.4, 0.5) is 5.82 Å². The van der Waals surface area contributed by atoms with Gasteiger partial charge in [-0.1, -0.05) is 12.1 Å². The van der Waals surface area contributed by atoms with Crippen molar-refractivity contribution in [2.75, 3.05) is 44.3 Å². The molecule has 0 spiro atoms. The third-order valence-corrected chi connectivity index (χ3v) is 4.93. The summed E-state index contributed by atoms with van der Waals surface area (Å²) < 4.78 is 5.47. The van der Waals surface area contributed by atoms with E-state index < -0.39 is 0 Å². The number of rotatable bonds is 3. The van der Waals surface area contributed by atoms with Gasteiger partial charge in [-0.15, -0.1) is 0 Å². The summed E-state index contributed by atoms with van der Waals surface area (Å²) in [6, 6.07) is 8.65. The maximum atomic E-state index is 5.47. The second kappa shape index (κ2) is 6.81. The number of anilines is 1. The molecule has 3 heterocycles. The highest BCUT2D eigenvalue weighted by Gasteiger charge is 2.26. The van der Waals surface area contributed by atoms with Crippen molar-refractivity contribution in [2.24, 2.45) is 0 Å². The molecule has 1 aromatic carbocycles. The molecule has 5 heteroatoms. The van der Waals surface area contributed by atoms with Gasteiger partial charge < -0.3 is 9.64 Å². The molecular weight excluding hydrogens is 288 g/mol. The van der Waals surface area contributed by atoms with Gasteiger partial charge in [-0.2, -0.15) is 0 Å². The molecule has 0 saturated carbocycles. The summed E-state index contributed by atoms with van der Waals surface area (Å²) >= 11 is 0. The van der Waals surface area contributed by atoms with Crippen molar-refractivity contribution in [3.05, 3.63) is 30.5 Å². The van der Waals surface area contributed by atoms with Gasteiger partial charge in [0.2, 0.25) is 0 Å². The molecule has 0 bridgehead atoms. The first-order chi connectivity index (χ1) is 11.4. The summed E-state index contributed by atoms with van der Waals surface area (Å²) in [7, 11) is 0. The topological polar surface area (TPSA) is 41.5 Å². The second-order valence-electron chi connectivity index (χ2n) is 6.47. The maximum Gasteiger partial charge on any atom is 0.148 e. The van der Waals surface area contributed by atoms with Crippen LogP contribution in [0.25, 0.3) is 11.0 Å². The Kier molecular flexibility index (Phi) is 4.39. The van der Waals surface area contributed by atoms with Crippen molar-refractivity contribution in [2.45, 2.75) is 25.3 Å². The molecule has 0 unspecified atom stereocenters. The molecule has 122 valence electrons. The van der Waals surface area contributed by atoms with Crippen LogP contribution in [-0.2, 0) is 4.74 Å². The number of aromatic nitrogens is 2. The highest BCUT2D eigenvalue weighted by molar-refractivity contribution is 5.75. The number of fused-ring (bicyclic) bond motifs is 1. The number of piperidine rings is 1. The fourth-order valence-corrected chi connectivity index (χ4v) is 3.66. The molecule has 23 heavy (non-hydrogen) atoms. The SMILES string of the molecule is c1ccc2nc(N3CCCC[C@H]3CN3CCOCC3)cnc2c1. The quantitative estimate of drug-likeness (QED) is 0.870. The van der Waals surface area contributed by atoms with Crippen molar-refractivity contribution < 1.29 is 4.74 Å². The largest absolute Gasteiger partial charge is 0.379 e. The van der Waals surface area contributed by atoms with E-state index in [0.29, 0.717) is 6.04 Å². The zero-order valence-corrected chi connectivity index (χ0v) is 13.5. The zero-order valence-electron chi connectivity index (χ0n) is 13.5. The Morgan fingerprint density at radius 2 is 1.87 bits per heavy atom. The van der Waals surface area contributed by atoms with Crippen LogP contribution in [-0.4, -0.2) is 60.3 Å². The predicted molar refractivity (Wildman–Crippen MR) is 91.8 cm³/mol. The van der Waals surface area contributed by atoms with Gasteiger partial charge in [0.15, 0.2) is 0 Å². The van der Waals surface area contributed by atoms with E-state index in [1.165, 1.54) is 19.3 Å². The first-order valence-electron chi connectivity index (χ1n) is 8.69. The highest BCUT2D eigenvalue weighted by Crippen LogP contribution is 2.25. The molecule has 4 rings (SSSR count). The van der Waals surface area contributed by atoms with E-state index in [1.54, 1.807) is 0 Å². The Morgan fingerprint density at radius 3 is 2.74 bits per heavy atom. The minimum absolute atomic E-state index is 0.539. The van der Waals surface area contributed by atoms with E-state index in [2.05, 4.69) is 14.8 Å². The number of ether oxygens (including phenoxy) is 1.